The summed E-state index contributed by atoms with van der Waals surface area (Å²) in [5.74, 6) is -2.88. The van der Waals surface area contributed by atoms with E-state index < -0.39 is 17.9 Å². The number of nitrogens with two attached hydrogens (primary N) is 1. The number of aromatic nitrogens is 1. The number of alkyl halides is 3. The second-order valence-electron chi connectivity index (χ2n) is 8.48. The van der Waals surface area contributed by atoms with Crippen LogP contribution in [0.2, 0.25) is 0 Å². The molecule has 184 valence electrons. The third-order valence-electron chi connectivity index (χ3n) is 6.07. The number of anilines is 1. The molecule has 3 aromatic rings. The lowest BCUT2D eigenvalue weighted by Gasteiger charge is -2.37. The zero-order valence-corrected chi connectivity index (χ0v) is 19.5. The Balaban J connectivity index is 2.03. The molecule has 1 atom stereocenters. The van der Waals surface area contributed by atoms with Gasteiger partial charge in [-0.2, -0.15) is 18.4 Å². The van der Waals surface area contributed by atoms with Crippen molar-refractivity contribution in [3.63, 3.8) is 0 Å². The van der Waals surface area contributed by atoms with E-state index in [2.05, 4.69) is 22.6 Å². The SMILES string of the molecule is C=C1c2cc(C#N)cc(-c3cccnc3)c2N=C(C(CCCN)C(F)(F)F)N1c1ccc(C)c(F)c1. The Morgan fingerprint density at radius 1 is 1.17 bits per heavy atom. The van der Waals surface area contributed by atoms with Crippen LogP contribution in [0.3, 0.4) is 0 Å². The van der Waals surface area contributed by atoms with Crippen molar-refractivity contribution < 1.29 is 17.6 Å². The standard InChI is InChI=1S/C27H23F4N5/c1-16-7-8-20(13-24(16)28)36-17(2)21-11-18(14-33)12-22(19-5-4-10-34-15-19)25(21)35-26(36)23(6-3-9-32)27(29,30)31/h4-5,7-8,10-13,15,23H,2-3,6,9,32H2,1H3. The van der Waals surface area contributed by atoms with Gasteiger partial charge in [-0.25, -0.2) is 9.38 Å². The summed E-state index contributed by atoms with van der Waals surface area (Å²) in [6.07, 6.45) is -1.72. The molecule has 0 aliphatic carbocycles. The predicted molar refractivity (Wildman–Crippen MR) is 132 cm³/mol. The Morgan fingerprint density at radius 2 is 1.92 bits per heavy atom. The molecule has 0 radical (unpaired) electrons. The summed E-state index contributed by atoms with van der Waals surface area (Å²) < 4.78 is 57.7. The van der Waals surface area contributed by atoms with Gasteiger partial charge in [-0.1, -0.05) is 18.7 Å². The highest BCUT2D eigenvalue weighted by Gasteiger charge is 2.46. The van der Waals surface area contributed by atoms with Crippen molar-refractivity contribution in [3.05, 3.63) is 83.9 Å². The summed E-state index contributed by atoms with van der Waals surface area (Å²) >= 11 is 0. The average Bonchev–Trinajstić information content (AvgIpc) is 2.85. The maximum absolute atomic E-state index is 14.5. The molecule has 2 heterocycles. The van der Waals surface area contributed by atoms with Crippen LogP contribution in [0, 0.1) is 30.0 Å². The van der Waals surface area contributed by atoms with Crippen molar-refractivity contribution in [1.29, 1.82) is 5.26 Å². The Bertz CT molecular complexity index is 1370. The van der Waals surface area contributed by atoms with E-state index in [1.807, 2.05) is 0 Å². The Hall–Kier alpha value is -4.03. The number of aryl methyl sites for hydroxylation is 1. The molecule has 0 bridgehead atoms. The van der Waals surface area contributed by atoms with E-state index in [-0.39, 0.29) is 47.9 Å². The van der Waals surface area contributed by atoms with E-state index in [0.29, 0.717) is 22.3 Å². The number of hydrogen-bond donors (Lipinski definition) is 1. The van der Waals surface area contributed by atoms with Crippen molar-refractivity contribution >= 4 is 22.9 Å². The van der Waals surface area contributed by atoms with Crippen LogP contribution >= 0.6 is 0 Å². The lowest BCUT2D eigenvalue weighted by molar-refractivity contribution is -0.157. The van der Waals surface area contributed by atoms with Crippen LogP contribution in [0.25, 0.3) is 16.8 Å². The summed E-state index contributed by atoms with van der Waals surface area (Å²) in [5.41, 5.74) is 8.12. The molecule has 1 aromatic heterocycles. The third kappa shape index (κ3) is 4.72. The van der Waals surface area contributed by atoms with Crippen LogP contribution in [0.5, 0.6) is 0 Å². The molecule has 0 spiro atoms. The highest BCUT2D eigenvalue weighted by molar-refractivity contribution is 6.15. The first-order chi connectivity index (χ1) is 17.2. The van der Waals surface area contributed by atoms with Crippen LogP contribution in [0.4, 0.5) is 28.9 Å². The number of amidine groups is 1. The molecule has 1 aliphatic rings. The lowest BCUT2D eigenvalue weighted by atomic mass is 9.92. The fourth-order valence-corrected chi connectivity index (χ4v) is 4.21. The number of nitriles is 1. The zero-order valence-electron chi connectivity index (χ0n) is 19.5. The minimum Gasteiger partial charge on any atom is -0.330 e. The molecule has 0 fully saturated rings. The first kappa shape index (κ1) is 25.1. The van der Waals surface area contributed by atoms with Crippen LogP contribution in [0.15, 0.2) is 66.4 Å². The number of pyridine rings is 1. The molecule has 0 saturated carbocycles. The second kappa shape index (κ2) is 9.91. The molecule has 2 N–H and O–H groups in total. The minimum atomic E-state index is -4.64. The van der Waals surface area contributed by atoms with Gasteiger partial charge in [0.2, 0.25) is 0 Å². The fourth-order valence-electron chi connectivity index (χ4n) is 4.21. The number of benzene rings is 2. The maximum Gasteiger partial charge on any atom is 0.398 e. The van der Waals surface area contributed by atoms with E-state index >= 15 is 0 Å². The summed E-state index contributed by atoms with van der Waals surface area (Å²) in [4.78, 5) is 9.87. The quantitative estimate of drug-likeness (QED) is 0.397. The van der Waals surface area contributed by atoms with Crippen molar-refractivity contribution in [2.45, 2.75) is 25.9 Å². The summed E-state index contributed by atoms with van der Waals surface area (Å²) in [6.45, 7) is 5.71. The normalized spacial score (nSPS) is 14.2. The number of aliphatic imine (C=N–C) groups is 1. The molecule has 4 rings (SSSR count). The van der Waals surface area contributed by atoms with Crippen LogP contribution in [-0.2, 0) is 0 Å². The van der Waals surface area contributed by atoms with Gasteiger partial charge in [-0.3, -0.25) is 9.88 Å². The Morgan fingerprint density at radius 3 is 2.53 bits per heavy atom. The third-order valence-corrected chi connectivity index (χ3v) is 6.07. The van der Waals surface area contributed by atoms with Crippen molar-refractivity contribution in [3.8, 4) is 17.2 Å². The largest absolute Gasteiger partial charge is 0.398 e. The molecule has 2 aromatic carbocycles. The van der Waals surface area contributed by atoms with E-state index in [1.165, 1.54) is 23.1 Å². The number of nitrogens with zero attached hydrogens (tertiary/aromatic N) is 4. The van der Waals surface area contributed by atoms with Gasteiger partial charge in [0.1, 0.15) is 17.6 Å². The van der Waals surface area contributed by atoms with Gasteiger partial charge in [0.15, 0.2) is 0 Å². The van der Waals surface area contributed by atoms with Crippen LogP contribution in [-0.4, -0.2) is 23.5 Å². The fraction of sp³-hybridized carbons (Fsp3) is 0.222. The molecule has 36 heavy (non-hydrogen) atoms. The van der Waals surface area contributed by atoms with E-state index in [0.717, 1.165) is 6.07 Å². The smallest absolute Gasteiger partial charge is 0.330 e. The molecule has 0 amide bonds. The first-order valence-electron chi connectivity index (χ1n) is 11.2. The van der Waals surface area contributed by atoms with Gasteiger partial charge < -0.3 is 5.73 Å². The molecular formula is C27H23F4N5. The monoisotopic (exact) mass is 493 g/mol. The Labute approximate surface area is 206 Å². The number of fused-ring (bicyclic) bond motifs is 1. The summed E-state index contributed by atoms with van der Waals surface area (Å²) in [5, 5.41) is 9.64. The highest BCUT2D eigenvalue weighted by Crippen LogP contribution is 2.46. The molecular weight excluding hydrogens is 470 g/mol. The predicted octanol–water partition coefficient (Wildman–Crippen LogP) is 6.51. The minimum absolute atomic E-state index is 0.0724. The topological polar surface area (TPSA) is 78.3 Å². The van der Waals surface area contributed by atoms with Crippen LogP contribution < -0.4 is 10.6 Å². The highest BCUT2D eigenvalue weighted by atomic mass is 19.4. The van der Waals surface area contributed by atoms with Gasteiger partial charge in [-0.05, 0) is 62.2 Å². The maximum atomic E-state index is 14.5. The number of halogens is 4. The van der Waals surface area contributed by atoms with Crippen molar-refractivity contribution in [1.82, 2.24) is 4.98 Å². The molecule has 1 aliphatic heterocycles. The van der Waals surface area contributed by atoms with Gasteiger partial charge in [0.05, 0.1) is 23.0 Å². The summed E-state index contributed by atoms with van der Waals surface area (Å²) in [6, 6.07) is 12.8. The van der Waals surface area contributed by atoms with Crippen molar-refractivity contribution in [2.24, 2.45) is 16.6 Å². The van der Waals surface area contributed by atoms with Crippen molar-refractivity contribution in [2.75, 3.05) is 11.4 Å². The molecule has 0 saturated heterocycles. The second-order valence-corrected chi connectivity index (χ2v) is 8.48. The van der Waals surface area contributed by atoms with Gasteiger partial charge in [0.25, 0.3) is 0 Å². The summed E-state index contributed by atoms with van der Waals surface area (Å²) in [7, 11) is 0. The van der Waals surface area contributed by atoms with E-state index in [4.69, 9.17) is 5.73 Å². The van der Waals surface area contributed by atoms with Gasteiger partial charge in [-0.15, -0.1) is 0 Å². The van der Waals surface area contributed by atoms with Gasteiger partial charge >= 0.3 is 6.18 Å². The molecule has 5 nitrogen and oxygen atoms in total. The molecule has 1 unspecified atom stereocenters. The lowest BCUT2D eigenvalue weighted by Crippen LogP contribution is -2.43. The van der Waals surface area contributed by atoms with E-state index in [9.17, 15) is 22.8 Å². The molecule has 9 heteroatoms. The first-order valence-corrected chi connectivity index (χ1v) is 11.2. The van der Waals surface area contributed by atoms with Gasteiger partial charge in [0, 0.05) is 34.8 Å². The zero-order chi connectivity index (χ0) is 26.0. The number of hydrogen-bond acceptors (Lipinski definition) is 5. The average molecular weight is 494 g/mol. The van der Waals surface area contributed by atoms with E-state index in [1.54, 1.807) is 37.5 Å². The number of rotatable bonds is 6. The van der Waals surface area contributed by atoms with Crippen LogP contribution in [0.1, 0.15) is 29.5 Å². The Kier molecular flexibility index (Phi) is 6.91.